The number of hydrogen-bond donors (Lipinski definition) is 1. The lowest BCUT2D eigenvalue weighted by Gasteiger charge is -2.13. The number of carbonyl (C=O) groups is 1. The summed E-state index contributed by atoms with van der Waals surface area (Å²) in [6.07, 6.45) is 3.19. The zero-order valence-corrected chi connectivity index (χ0v) is 13.9. The quantitative estimate of drug-likeness (QED) is 0.753. The molecule has 6 heteroatoms. The van der Waals surface area contributed by atoms with Crippen LogP contribution in [0.5, 0.6) is 0 Å². The molecule has 2 heterocycles. The van der Waals surface area contributed by atoms with Crippen LogP contribution in [0, 0.1) is 0 Å². The topological polar surface area (TPSA) is 69.2 Å². The highest BCUT2D eigenvalue weighted by Gasteiger charge is 2.14. The summed E-state index contributed by atoms with van der Waals surface area (Å²) in [6, 6.07) is 11.2. The van der Waals surface area contributed by atoms with Gasteiger partial charge in [-0.15, -0.1) is 0 Å². The average molecular weight is 327 g/mol. The van der Waals surface area contributed by atoms with Crippen molar-refractivity contribution in [2.75, 3.05) is 0 Å². The Balaban J connectivity index is 1.65. The van der Waals surface area contributed by atoms with Gasteiger partial charge in [-0.05, 0) is 37.6 Å². The number of hydrogen-bond acceptors (Lipinski definition) is 3. The van der Waals surface area contributed by atoms with E-state index in [-0.39, 0.29) is 24.2 Å². The van der Waals surface area contributed by atoms with E-state index in [1.54, 1.807) is 17.9 Å². The van der Waals surface area contributed by atoms with E-state index in [2.05, 4.69) is 5.32 Å². The van der Waals surface area contributed by atoms with E-state index in [0.717, 1.165) is 29.6 Å². The lowest BCUT2D eigenvalue weighted by molar-refractivity contribution is -0.122. The van der Waals surface area contributed by atoms with E-state index < -0.39 is 0 Å². The molecule has 2 aromatic heterocycles. The van der Waals surface area contributed by atoms with E-state index in [1.165, 1.54) is 4.57 Å². The molecule has 1 N–H and O–H groups in total. The summed E-state index contributed by atoms with van der Waals surface area (Å²) in [6.45, 7) is 1.97. The molecule has 1 aromatic carbocycles. The largest absolute Gasteiger partial charge is 0.469 e. The second-order valence-electron chi connectivity index (χ2n) is 6.00. The van der Waals surface area contributed by atoms with Crippen LogP contribution >= 0.6 is 0 Å². The summed E-state index contributed by atoms with van der Waals surface area (Å²) in [5, 5.41) is 2.94. The minimum atomic E-state index is -0.186. The molecule has 0 radical (unpaired) electrons. The van der Waals surface area contributed by atoms with Gasteiger partial charge in [0.05, 0.1) is 17.3 Å². The number of benzene rings is 1. The van der Waals surface area contributed by atoms with Gasteiger partial charge in [-0.25, -0.2) is 4.79 Å². The molecule has 0 aliphatic rings. The number of nitrogens with one attached hydrogen (secondary N) is 1. The molecule has 0 saturated carbocycles. The molecule has 6 nitrogen and oxygen atoms in total. The maximum absolute atomic E-state index is 12.3. The smallest absolute Gasteiger partial charge is 0.329 e. The van der Waals surface area contributed by atoms with Crippen molar-refractivity contribution in [3.8, 4) is 0 Å². The predicted molar refractivity (Wildman–Crippen MR) is 91.8 cm³/mol. The third-order valence-electron chi connectivity index (χ3n) is 4.16. The van der Waals surface area contributed by atoms with Crippen molar-refractivity contribution in [1.29, 1.82) is 0 Å². The fourth-order valence-corrected chi connectivity index (χ4v) is 2.87. The van der Waals surface area contributed by atoms with Crippen molar-refractivity contribution in [2.45, 2.75) is 32.4 Å². The number of nitrogens with zero attached hydrogens (tertiary/aromatic N) is 2. The monoisotopic (exact) mass is 327 g/mol. The van der Waals surface area contributed by atoms with Gasteiger partial charge >= 0.3 is 5.69 Å². The minimum absolute atomic E-state index is 0.00767. The molecule has 0 aliphatic carbocycles. The summed E-state index contributed by atoms with van der Waals surface area (Å²) in [5.41, 5.74) is 1.40. The van der Waals surface area contributed by atoms with Crippen LogP contribution in [0.15, 0.2) is 51.9 Å². The van der Waals surface area contributed by atoms with Crippen LogP contribution in [-0.4, -0.2) is 21.1 Å². The number of rotatable bonds is 6. The maximum Gasteiger partial charge on any atom is 0.329 e. The van der Waals surface area contributed by atoms with E-state index in [0.29, 0.717) is 0 Å². The zero-order chi connectivity index (χ0) is 17.1. The van der Waals surface area contributed by atoms with Crippen molar-refractivity contribution in [3.63, 3.8) is 0 Å². The SMILES string of the molecule is C[C@H](CCc1ccco1)NC(=O)Cn1c(=O)n(C)c2ccccc21. The number of carbonyl (C=O) groups excluding carboxylic acids is 1. The van der Waals surface area contributed by atoms with Gasteiger partial charge in [0.2, 0.25) is 5.91 Å². The highest BCUT2D eigenvalue weighted by molar-refractivity contribution is 5.81. The highest BCUT2D eigenvalue weighted by Crippen LogP contribution is 2.11. The predicted octanol–water partition coefficient (Wildman–Crippen LogP) is 2.07. The molecule has 1 atom stereocenters. The first-order valence-electron chi connectivity index (χ1n) is 8.02. The maximum atomic E-state index is 12.3. The van der Waals surface area contributed by atoms with E-state index in [1.807, 2.05) is 43.3 Å². The molecule has 3 rings (SSSR count). The second kappa shape index (κ2) is 6.78. The highest BCUT2D eigenvalue weighted by atomic mass is 16.3. The number of aryl methyl sites for hydroxylation is 2. The number of aromatic nitrogens is 2. The van der Waals surface area contributed by atoms with Crippen LogP contribution in [0.4, 0.5) is 0 Å². The Morgan fingerprint density at radius 2 is 1.96 bits per heavy atom. The van der Waals surface area contributed by atoms with Gasteiger partial charge in [0.1, 0.15) is 12.3 Å². The molecule has 0 saturated heterocycles. The molecular formula is C18H21N3O3. The second-order valence-corrected chi connectivity index (χ2v) is 6.00. The first kappa shape index (κ1) is 16.1. The normalized spacial score (nSPS) is 12.4. The number of amides is 1. The van der Waals surface area contributed by atoms with Crippen LogP contribution in [-0.2, 0) is 24.8 Å². The number of fused-ring (bicyclic) bond motifs is 1. The van der Waals surface area contributed by atoms with Crippen molar-refractivity contribution < 1.29 is 9.21 Å². The number of para-hydroxylation sites is 2. The first-order valence-corrected chi connectivity index (χ1v) is 8.02. The third kappa shape index (κ3) is 3.27. The van der Waals surface area contributed by atoms with Gasteiger partial charge in [0, 0.05) is 19.5 Å². The molecular weight excluding hydrogens is 306 g/mol. The van der Waals surface area contributed by atoms with Crippen LogP contribution in [0.25, 0.3) is 11.0 Å². The first-order chi connectivity index (χ1) is 11.6. The van der Waals surface area contributed by atoms with Crippen LogP contribution in [0.1, 0.15) is 19.1 Å². The van der Waals surface area contributed by atoms with E-state index in [4.69, 9.17) is 4.42 Å². The molecule has 0 fully saturated rings. The van der Waals surface area contributed by atoms with Crippen molar-refractivity contribution in [2.24, 2.45) is 7.05 Å². The molecule has 0 unspecified atom stereocenters. The lowest BCUT2D eigenvalue weighted by Crippen LogP contribution is -2.37. The van der Waals surface area contributed by atoms with Crippen molar-refractivity contribution >= 4 is 16.9 Å². The van der Waals surface area contributed by atoms with Crippen LogP contribution in [0.3, 0.4) is 0 Å². The average Bonchev–Trinajstić information content (AvgIpc) is 3.17. The Kier molecular flexibility index (Phi) is 4.55. The zero-order valence-electron chi connectivity index (χ0n) is 13.9. The Morgan fingerprint density at radius 3 is 2.67 bits per heavy atom. The Bertz CT molecular complexity index is 890. The molecule has 24 heavy (non-hydrogen) atoms. The van der Waals surface area contributed by atoms with Crippen LogP contribution < -0.4 is 11.0 Å². The van der Waals surface area contributed by atoms with Crippen molar-refractivity contribution in [1.82, 2.24) is 14.5 Å². The third-order valence-corrected chi connectivity index (χ3v) is 4.16. The molecule has 3 aromatic rings. The van der Waals surface area contributed by atoms with E-state index >= 15 is 0 Å². The minimum Gasteiger partial charge on any atom is -0.469 e. The molecule has 126 valence electrons. The van der Waals surface area contributed by atoms with E-state index in [9.17, 15) is 9.59 Å². The van der Waals surface area contributed by atoms with Gasteiger partial charge in [0.15, 0.2) is 0 Å². The Labute approximate surface area is 139 Å². The molecule has 0 spiro atoms. The fraction of sp³-hybridized carbons (Fsp3) is 0.333. The summed E-state index contributed by atoms with van der Waals surface area (Å²) >= 11 is 0. The fourth-order valence-electron chi connectivity index (χ4n) is 2.87. The summed E-state index contributed by atoms with van der Waals surface area (Å²) in [7, 11) is 1.71. The van der Waals surface area contributed by atoms with Gasteiger partial charge in [-0.1, -0.05) is 12.1 Å². The number of furan rings is 1. The van der Waals surface area contributed by atoms with Gasteiger partial charge in [0.25, 0.3) is 0 Å². The van der Waals surface area contributed by atoms with Gasteiger partial charge < -0.3 is 9.73 Å². The summed E-state index contributed by atoms with van der Waals surface area (Å²) in [5.74, 6) is 0.738. The Morgan fingerprint density at radius 1 is 1.21 bits per heavy atom. The standard InChI is InChI=1S/C18H21N3O3/c1-13(9-10-14-6-5-11-24-14)19-17(22)12-21-16-8-4-3-7-15(16)20(2)18(21)23/h3-8,11,13H,9-10,12H2,1-2H3,(H,19,22)/t13-/m1/s1. The number of imidazole rings is 1. The molecule has 1 amide bonds. The summed E-state index contributed by atoms with van der Waals surface area (Å²) in [4.78, 5) is 24.6. The molecule has 0 bridgehead atoms. The summed E-state index contributed by atoms with van der Waals surface area (Å²) < 4.78 is 8.35. The van der Waals surface area contributed by atoms with Crippen molar-refractivity contribution in [3.05, 3.63) is 58.9 Å². The molecule has 0 aliphatic heterocycles. The Hall–Kier alpha value is -2.76. The van der Waals surface area contributed by atoms with Gasteiger partial charge in [-0.3, -0.25) is 13.9 Å². The van der Waals surface area contributed by atoms with Gasteiger partial charge in [-0.2, -0.15) is 0 Å². The lowest BCUT2D eigenvalue weighted by atomic mass is 10.1. The van der Waals surface area contributed by atoms with Crippen LogP contribution in [0.2, 0.25) is 0 Å².